The van der Waals surface area contributed by atoms with E-state index in [0.717, 1.165) is 95.9 Å². The Bertz CT molecular complexity index is 1940. The minimum atomic E-state index is 0.0331. The van der Waals surface area contributed by atoms with Crippen LogP contribution in [0.1, 0.15) is 95.9 Å². The molecule has 2 aliphatic rings. The zero-order chi connectivity index (χ0) is 40.2. The normalized spacial score (nSPS) is 17.5. The standard InChI is InChI=1S/2C23H24N4O/c2*24-22(25)17-9-5-15(6-10-17)13-19-3-1-2-4-20(21(19)28)14-16-7-11-18(12-8-16)23(26)27/h2*5-14H,1-4H2,(H3,24,25)(H3,26,27)/b19-13+,20-14+;19-13-,20-14-. The van der Waals surface area contributed by atoms with E-state index in [2.05, 4.69) is 0 Å². The second kappa shape index (κ2) is 18.9. The van der Waals surface area contributed by atoms with Crippen LogP contribution >= 0.6 is 0 Å². The maximum atomic E-state index is 13.1. The van der Waals surface area contributed by atoms with Crippen LogP contribution in [0.2, 0.25) is 0 Å². The highest BCUT2D eigenvalue weighted by Crippen LogP contribution is 2.29. The number of carbonyl (C=O) groups is 2. The zero-order valence-electron chi connectivity index (χ0n) is 31.3. The van der Waals surface area contributed by atoms with Gasteiger partial charge < -0.3 is 22.9 Å². The molecule has 2 fully saturated rings. The summed E-state index contributed by atoms with van der Waals surface area (Å²) in [5, 5.41) is 29.9. The van der Waals surface area contributed by atoms with Gasteiger partial charge in [-0.2, -0.15) is 0 Å². The smallest absolute Gasteiger partial charge is 0.185 e. The highest BCUT2D eigenvalue weighted by molar-refractivity contribution is 6.14. The van der Waals surface area contributed by atoms with Crippen molar-refractivity contribution in [1.29, 1.82) is 21.6 Å². The fraction of sp³-hybridized carbons (Fsp3) is 0.174. The van der Waals surface area contributed by atoms with Crippen LogP contribution in [0.15, 0.2) is 119 Å². The van der Waals surface area contributed by atoms with E-state index < -0.39 is 0 Å². The highest BCUT2D eigenvalue weighted by Gasteiger charge is 2.20. The number of nitrogens with one attached hydrogen (secondary N) is 4. The summed E-state index contributed by atoms with van der Waals surface area (Å²) in [6.45, 7) is 0. The molecule has 6 rings (SSSR count). The molecule has 0 radical (unpaired) electrons. The Balaban J connectivity index is 0.000000214. The lowest BCUT2D eigenvalue weighted by atomic mass is 9.97. The number of Topliss-reactive ketones (excluding diaryl/α,β-unsaturated/α-hetero) is 2. The molecule has 4 aromatic carbocycles. The van der Waals surface area contributed by atoms with Crippen LogP contribution in [0, 0.1) is 21.6 Å². The van der Waals surface area contributed by atoms with Crippen LogP contribution < -0.4 is 22.9 Å². The number of amidine groups is 4. The lowest BCUT2D eigenvalue weighted by Crippen LogP contribution is -2.10. The number of carbonyl (C=O) groups excluding carboxylic acids is 2. The lowest BCUT2D eigenvalue weighted by Gasteiger charge is -2.07. The molecule has 2 saturated carbocycles. The van der Waals surface area contributed by atoms with E-state index in [4.69, 9.17) is 44.6 Å². The molecule has 0 heterocycles. The maximum Gasteiger partial charge on any atom is 0.185 e. The Kier molecular flexibility index (Phi) is 13.6. The van der Waals surface area contributed by atoms with Gasteiger partial charge in [-0.1, -0.05) is 97.1 Å². The SMILES string of the molecule is N=C(N)c1ccc(/C=C2/CCCC/C(=C/c3ccc(C(=N)N)cc3)C2=O)cc1.N=C(N)c1ccc(/C=C2\CCCC/C(=C\c3ccc(C(=N)N)cc3)C2=O)cc1. The van der Waals surface area contributed by atoms with Crippen LogP contribution in [-0.2, 0) is 9.59 Å². The van der Waals surface area contributed by atoms with Gasteiger partial charge in [0.1, 0.15) is 23.3 Å². The molecular weight excluding hydrogens is 697 g/mol. The van der Waals surface area contributed by atoms with Crippen LogP contribution in [0.5, 0.6) is 0 Å². The van der Waals surface area contributed by atoms with E-state index in [1.165, 1.54) is 0 Å². The van der Waals surface area contributed by atoms with Crippen molar-refractivity contribution in [1.82, 2.24) is 0 Å². The summed E-state index contributed by atoms with van der Waals surface area (Å²) in [5.74, 6) is 0.306. The van der Waals surface area contributed by atoms with Crippen molar-refractivity contribution in [3.05, 3.63) is 164 Å². The number of rotatable bonds is 8. The van der Waals surface area contributed by atoms with E-state index in [1.807, 2.05) is 72.8 Å². The number of nitrogen functional groups attached to an aromatic ring is 4. The molecule has 0 aromatic heterocycles. The van der Waals surface area contributed by atoms with E-state index in [9.17, 15) is 9.59 Å². The predicted octanol–water partition coefficient (Wildman–Crippen LogP) is 7.73. The lowest BCUT2D eigenvalue weighted by molar-refractivity contribution is -0.113. The molecule has 2 aliphatic carbocycles. The molecule has 12 N–H and O–H groups in total. The zero-order valence-corrected chi connectivity index (χ0v) is 31.3. The average molecular weight is 745 g/mol. The summed E-state index contributed by atoms with van der Waals surface area (Å²) in [4.78, 5) is 26.1. The third-order valence-corrected chi connectivity index (χ3v) is 9.70. The molecule has 4 aromatic rings. The van der Waals surface area contributed by atoms with E-state index in [-0.39, 0.29) is 34.9 Å². The minimum Gasteiger partial charge on any atom is -0.384 e. The van der Waals surface area contributed by atoms with Crippen LogP contribution in [0.4, 0.5) is 0 Å². The van der Waals surface area contributed by atoms with Gasteiger partial charge >= 0.3 is 0 Å². The van der Waals surface area contributed by atoms with E-state index in [0.29, 0.717) is 22.3 Å². The second-order valence-corrected chi connectivity index (χ2v) is 13.9. The average Bonchev–Trinajstić information content (AvgIpc) is 3.46. The first-order chi connectivity index (χ1) is 26.9. The first kappa shape index (κ1) is 40.2. The van der Waals surface area contributed by atoms with Gasteiger partial charge in [0, 0.05) is 44.5 Å². The van der Waals surface area contributed by atoms with Gasteiger partial charge in [-0.05, 0) is 97.9 Å². The monoisotopic (exact) mass is 744 g/mol. The molecule has 284 valence electrons. The van der Waals surface area contributed by atoms with Crippen molar-refractivity contribution in [2.24, 2.45) is 22.9 Å². The predicted molar refractivity (Wildman–Crippen MR) is 229 cm³/mol. The molecule has 10 nitrogen and oxygen atoms in total. The van der Waals surface area contributed by atoms with Gasteiger partial charge in [0.15, 0.2) is 11.6 Å². The van der Waals surface area contributed by atoms with Gasteiger partial charge in [0.05, 0.1) is 0 Å². The molecule has 0 saturated heterocycles. The number of nitrogens with two attached hydrogens (primary N) is 4. The molecular formula is C46H48N8O2. The number of allylic oxidation sites excluding steroid dienone is 4. The van der Waals surface area contributed by atoms with Crippen LogP contribution in [0.3, 0.4) is 0 Å². The van der Waals surface area contributed by atoms with Gasteiger partial charge in [-0.15, -0.1) is 0 Å². The summed E-state index contributed by atoms with van der Waals surface area (Å²) in [6.07, 6.45) is 14.7. The molecule has 10 heteroatoms. The molecule has 0 bridgehead atoms. The molecule has 0 amide bonds. The molecule has 0 atom stereocenters. The Labute approximate surface area is 327 Å². The molecule has 56 heavy (non-hydrogen) atoms. The maximum absolute atomic E-state index is 13.1. The Morgan fingerprint density at radius 3 is 0.696 bits per heavy atom. The van der Waals surface area contributed by atoms with Crippen molar-refractivity contribution >= 4 is 59.2 Å². The van der Waals surface area contributed by atoms with Crippen molar-refractivity contribution < 1.29 is 9.59 Å². The number of hydrogen-bond acceptors (Lipinski definition) is 6. The van der Waals surface area contributed by atoms with Crippen LogP contribution in [-0.4, -0.2) is 34.9 Å². The largest absolute Gasteiger partial charge is 0.384 e. The first-order valence-corrected chi connectivity index (χ1v) is 18.6. The third-order valence-electron chi connectivity index (χ3n) is 9.70. The molecule has 0 aliphatic heterocycles. The quantitative estimate of drug-likeness (QED) is 0.0389. The second-order valence-electron chi connectivity index (χ2n) is 13.9. The number of benzene rings is 4. The first-order valence-electron chi connectivity index (χ1n) is 18.6. The topological polar surface area (TPSA) is 234 Å². The van der Waals surface area contributed by atoms with Gasteiger partial charge in [-0.3, -0.25) is 31.2 Å². The Morgan fingerprint density at radius 1 is 0.357 bits per heavy atom. The highest BCUT2D eigenvalue weighted by atomic mass is 16.1. The summed E-state index contributed by atoms with van der Waals surface area (Å²) in [7, 11) is 0. The molecule has 0 spiro atoms. The fourth-order valence-corrected chi connectivity index (χ4v) is 6.52. The van der Waals surface area contributed by atoms with Gasteiger partial charge in [-0.25, -0.2) is 0 Å². The van der Waals surface area contributed by atoms with Gasteiger partial charge in [0.2, 0.25) is 0 Å². The Morgan fingerprint density at radius 2 is 0.536 bits per heavy atom. The van der Waals surface area contributed by atoms with Crippen molar-refractivity contribution in [3.63, 3.8) is 0 Å². The third kappa shape index (κ3) is 11.0. The number of hydrogen-bond donors (Lipinski definition) is 8. The summed E-state index contributed by atoms with van der Waals surface area (Å²) in [6, 6.07) is 29.4. The van der Waals surface area contributed by atoms with E-state index in [1.54, 1.807) is 48.5 Å². The molecule has 0 unspecified atom stereocenters. The minimum absolute atomic E-state index is 0.0331. The number of ketones is 2. The van der Waals surface area contributed by atoms with Crippen molar-refractivity contribution in [2.75, 3.05) is 0 Å². The fourth-order valence-electron chi connectivity index (χ4n) is 6.52. The summed E-state index contributed by atoms with van der Waals surface area (Å²) < 4.78 is 0. The van der Waals surface area contributed by atoms with Crippen LogP contribution in [0.25, 0.3) is 24.3 Å². The Hall–Kier alpha value is -6.94. The summed E-state index contributed by atoms with van der Waals surface area (Å²) >= 11 is 0. The van der Waals surface area contributed by atoms with Gasteiger partial charge in [0.25, 0.3) is 0 Å². The summed E-state index contributed by atoms with van der Waals surface area (Å²) in [5.41, 5.74) is 31.6. The van der Waals surface area contributed by atoms with E-state index >= 15 is 0 Å². The van der Waals surface area contributed by atoms with Crippen molar-refractivity contribution in [2.45, 2.75) is 51.4 Å². The van der Waals surface area contributed by atoms with Crippen molar-refractivity contribution in [3.8, 4) is 0 Å².